The van der Waals surface area contributed by atoms with Crippen molar-refractivity contribution in [1.82, 2.24) is 14.8 Å². The molecule has 18 heavy (non-hydrogen) atoms. The first-order valence-electron chi connectivity index (χ1n) is 5.66. The van der Waals surface area contributed by atoms with Crippen LogP contribution in [0.15, 0.2) is 18.2 Å². The second-order valence-corrected chi connectivity index (χ2v) is 5.61. The molecule has 1 aliphatic heterocycles. The maximum Gasteiger partial charge on any atom is 0.277 e. The second-order valence-electron chi connectivity index (χ2n) is 4.03. The molecule has 0 fully saturated rings. The first-order chi connectivity index (χ1) is 8.11. The molecule has 1 aliphatic rings. The van der Waals surface area contributed by atoms with Crippen LogP contribution in [-0.4, -0.2) is 15.0 Å². The summed E-state index contributed by atoms with van der Waals surface area (Å²) in [5, 5.41) is 3.26. The standard InChI is InChI=1S/C11H17N3O2S.ClH/c1-2-13-17(15,16)14-6-9-3-4-10-7-12-8-11(10)5-9;/h3-5,12-14H,2,6-8H2,1H3;1H. The van der Waals surface area contributed by atoms with E-state index in [-0.39, 0.29) is 12.4 Å². The zero-order chi connectivity index (χ0) is 12.3. The Kier molecular flexibility index (Phi) is 5.55. The third-order valence-corrected chi connectivity index (χ3v) is 3.90. The Morgan fingerprint density at radius 1 is 1.22 bits per heavy atom. The summed E-state index contributed by atoms with van der Waals surface area (Å²) in [5.74, 6) is 0. The molecule has 0 spiro atoms. The Morgan fingerprint density at radius 3 is 2.67 bits per heavy atom. The number of halogens is 1. The van der Waals surface area contributed by atoms with Crippen LogP contribution >= 0.6 is 12.4 Å². The summed E-state index contributed by atoms with van der Waals surface area (Å²) in [6, 6.07) is 6.05. The highest BCUT2D eigenvalue weighted by Gasteiger charge is 2.11. The number of benzene rings is 1. The fourth-order valence-electron chi connectivity index (χ4n) is 1.88. The molecule has 0 saturated carbocycles. The molecule has 0 radical (unpaired) electrons. The van der Waals surface area contributed by atoms with E-state index in [4.69, 9.17) is 0 Å². The summed E-state index contributed by atoms with van der Waals surface area (Å²) in [7, 11) is -3.36. The molecule has 2 rings (SSSR count). The molecule has 0 aliphatic carbocycles. The van der Waals surface area contributed by atoms with E-state index in [2.05, 4.69) is 14.8 Å². The van der Waals surface area contributed by atoms with Crippen molar-refractivity contribution in [2.75, 3.05) is 6.54 Å². The molecule has 5 nitrogen and oxygen atoms in total. The van der Waals surface area contributed by atoms with Crippen molar-refractivity contribution in [3.8, 4) is 0 Å². The molecular formula is C11H18ClN3O2S. The summed E-state index contributed by atoms with van der Waals surface area (Å²) in [6.45, 7) is 4.23. The minimum absolute atomic E-state index is 0. The largest absolute Gasteiger partial charge is 0.309 e. The van der Waals surface area contributed by atoms with Crippen molar-refractivity contribution in [3.05, 3.63) is 34.9 Å². The lowest BCUT2D eigenvalue weighted by Gasteiger charge is -2.07. The molecule has 102 valence electrons. The summed E-state index contributed by atoms with van der Waals surface area (Å²) < 4.78 is 27.7. The lowest BCUT2D eigenvalue weighted by atomic mass is 10.1. The topological polar surface area (TPSA) is 70.2 Å². The molecule has 0 bridgehead atoms. The Bertz CT molecular complexity index is 505. The smallest absolute Gasteiger partial charge is 0.277 e. The van der Waals surface area contributed by atoms with Crippen LogP contribution in [-0.2, 0) is 29.8 Å². The van der Waals surface area contributed by atoms with E-state index in [1.165, 1.54) is 11.1 Å². The summed E-state index contributed by atoms with van der Waals surface area (Å²) in [4.78, 5) is 0. The molecule has 0 amide bonds. The number of hydrogen-bond donors (Lipinski definition) is 3. The van der Waals surface area contributed by atoms with E-state index in [1.54, 1.807) is 6.92 Å². The predicted octanol–water partition coefficient (Wildman–Crippen LogP) is 0.655. The van der Waals surface area contributed by atoms with Crippen LogP contribution in [0, 0.1) is 0 Å². The molecule has 0 atom stereocenters. The van der Waals surface area contributed by atoms with E-state index >= 15 is 0 Å². The zero-order valence-corrected chi connectivity index (χ0v) is 11.8. The van der Waals surface area contributed by atoms with E-state index in [9.17, 15) is 8.42 Å². The highest BCUT2D eigenvalue weighted by molar-refractivity contribution is 7.87. The molecule has 0 saturated heterocycles. The first kappa shape index (κ1) is 15.4. The minimum atomic E-state index is -3.36. The SMILES string of the molecule is CCNS(=O)(=O)NCc1ccc2c(c1)CNC2.Cl. The monoisotopic (exact) mass is 291 g/mol. The number of fused-ring (bicyclic) bond motifs is 1. The van der Waals surface area contributed by atoms with Crippen molar-refractivity contribution in [3.63, 3.8) is 0 Å². The average molecular weight is 292 g/mol. The van der Waals surface area contributed by atoms with E-state index in [0.717, 1.165) is 18.7 Å². The van der Waals surface area contributed by atoms with Crippen molar-refractivity contribution in [1.29, 1.82) is 0 Å². The number of hydrogen-bond acceptors (Lipinski definition) is 3. The zero-order valence-electron chi connectivity index (χ0n) is 10.2. The molecule has 7 heteroatoms. The van der Waals surface area contributed by atoms with Gasteiger partial charge in [-0.3, -0.25) is 0 Å². The van der Waals surface area contributed by atoms with Gasteiger partial charge in [-0.1, -0.05) is 25.1 Å². The summed E-state index contributed by atoms with van der Waals surface area (Å²) >= 11 is 0. The van der Waals surface area contributed by atoms with Gasteiger partial charge in [-0.2, -0.15) is 13.1 Å². The van der Waals surface area contributed by atoms with E-state index in [0.29, 0.717) is 13.1 Å². The van der Waals surface area contributed by atoms with Gasteiger partial charge in [0.15, 0.2) is 0 Å². The highest BCUT2D eigenvalue weighted by Crippen LogP contribution is 2.16. The lowest BCUT2D eigenvalue weighted by molar-refractivity contribution is 0.568. The Morgan fingerprint density at radius 2 is 1.94 bits per heavy atom. The molecule has 1 aromatic rings. The lowest BCUT2D eigenvalue weighted by Crippen LogP contribution is -2.35. The molecule has 1 heterocycles. The second kappa shape index (κ2) is 6.49. The van der Waals surface area contributed by atoms with Crippen molar-refractivity contribution >= 4 is 22.6 Å². The molecular weight excluding hydrogens is 274 g/mol. The van der Waals surface area contributed by atoms with Gasteiger partial charge in [0.05, 0.1) is 0 Å². The van der Waals surface area contributed by atoms with E-state index < -0.39 is 10.2 Å². The normalized spacial score (nSPS) is 14.1. The van der Waals surface area contributed by atoms with Gasteiger partial charge in [0.25, 0.3) is 10.2 Å². The molecule has 3 N–H and O–H groups in total. The Hall–Kier alpha value is -0.660. The van der Waals surface area contributed by atoms with Crippen LogP contribution in [0.5, 0.6) is 0 Å². The van der Waals surface area contributed by atoms with Gasteiger partial charge >= 0.3 is 0 Å². The van der Waals surface area contributed by atoms with Crippen LogP contribution in [0.3, 0.4) is 0 Å². The van der Waals surface area contributed by atoms with Crippen molar-refractivity contribution in [2.45, 2.75) is 26.6 Å². The van der Waals surface area contributed by atoms with Crippen LogP contribution in [0.4, 0.5) is 0 Å². The first-order valence-corrected chi connectivity index (χ1v) is 7.14. The third kappa shape index (κ3) is 3.93. The van der Waals surface area contributed by atoms with Crippen molar-refractivity contribution in [2.24, 2.45) is 0 Å². The predicted molar refractivity (Wildman–Crippen MR) is 73.7 cm³/mol. The van der Waals surface area contributed by atoms with Gasteiger partial charge in [-0.15, -0.1) is 12.4 Å². The molecule has 0 aromatic heterocycles. The highest BCUT2D eigenvalue weighted by atomic mass is 35.5. The minimum Gasteiger partial charge on any atom is -0.309 e. The fraction of sp³-hybridized carbons (Fsp3) is 0.455. The van der Waals surface area contributed by atoms with Gasteiger partial charge in [0.2, 0.25) is 0 Å². The number of nitrogens with one attached hydrogen (secondary N) is 3. The third-order valence-electron chi connectivity index (χ3n) is 2.70. The fourth-order valence-corrected chi connectivity index (χ4v) is 2.72. The maximum atomic E-state index is 11.4. The van der Waals surface area contributed by atoms with Crippen molar-refractivity contribution < 1.29 is 8.42 Å². The molecule has 1 aromatic carbocycles. The van der Waals surface area contributed by atoms with Gasteiger partial charge in [0.1, 0.15) is 0 Å². The summed E-state index contributed by atoms with van der Waals surface area (Å²) in [6.07, 6.45) is 0. The molecule has 0 unspecified atom stereocenters. The summed E-state index contributed by atoms with van der Waals surface area (Å²) in [5.41, 5.74) is 3.53. The van der Waals surface area contributed by atoms with Crippen LogP contribution < -0.4 is 14.8 Å². The Balaban J connectivity index is 0.00000162. The van der Waals surface area contributed by atoms with Gasteiger partial charge in [-0.25, -0.2) is 4.72 Å². The van der Waals surface area contributed by atoms with Gasteiger partial charge < -0.3 is 5.32 Å². The van der Waals surface area contributed by atoms with Crippen LogP contribution in [0.2, 0.25) is 0 Å². The van der Waals surface area contributed by atoms with Crippen LogP contribution in [0.25, 0.3) is 0 Å². The van der Waals surface area contributed by atoms with Crippen LogP contribution in [0.1, 0.15) is 23.6 Å². The quantitative estimate of drug-likeness (QED) is 0.746. The van der Waals surface area contributed by atoms with E-state index in [1.807, 2.05) is 18.2 Å². The number of rotatable bonds is 5. The van der Waals surface area contributed by atoms with Gasteiger partial charge in [0, 0.05) is 26.2 Å². The average Bonchev–Trinajstić information content (AvgIpc) is 2.73. The van der Waals surface area contributed by atoms with Gasteiger partial charge in [-0.05, 0) is 16.7 Å². The maximum absolute atomic E-state index is 11.4. The Labute approximate surface area is 114 Å².